The highest BCUT2D eigenvalue weighted by molar-refractivity contribution is 5.73. The van der Waals surface area contributed by atoms with Crippen molar-refractivity contribution >= 4 is 12.4 Å². The molecule has 0 bridgehead atoms. The average molecular weight is 346 g/mol. The summed E-state index contributed by atoms with van der Waals surface area (Å²) >= 11 is 0. The normalized spacial score (nSPS) is 19.9. The van der Waals surface area contributed by atoms with E-state index in [1.54, 1.807) is 7.05 Å². The summed E-state index contributed by atoms with van der Waals surface area (Å²) in [6.45, 7) is 8.20. The summed E-state index contributed by atoms with van der Waals surface area (Å²) in [5, 5.41) is 0. The van der Waals surface area contributed by atoms with Gasteiger partial charge in [-0.1, -0.05) is 30.3 Å². The molecule has 1 aromatic carbocycles. The monoisotopic (exact) mass is 346 g/mol. The zero-order valence-corrected chi connectivity index (χ0v) is 15.8. The molecule has 5 heteroatoms. The molecule has 0 aliphatic carbocycles. The smallest absolute Gasteiger partial charge is 0.410 e. The summed E-state index contributed by atoms with van der Waals surface area (Å²) in [4.78, 5) is 27.8. The fraction of sp³-hybridized carbons (Fsp3) is 0.600. The average Bonchev–Trinajstić information content (AvgIpc) is 2.55. The number of nitrogens with zero attached hydrogens (tertiary/aromatic N) is 2. The van der Waals surface area contributed by atoms with E-state index in [4.69, 9.17) is 4.74 Å². The Hall–Kier alpha value is -1.88. The summed E-state index contributed by atoms with van der Waals surface area (Å²) in [5.74, 6) is 0.132. The minimum Gasteiger partial charge on any atom is -0.444 e. The van der Waals surface area contributed by atoms with Gasteiger partial charge in [0.15, 0.2) is 0 Å². The van der Waals surface area contributed by atoms with Gasteiger partial charge in [0.05, 0.1) is 6.04 Å². The van der Waals surface area contributed by atoms with Crippen LogP contribution in [0.1, 0.15) is 39.2 Å². The lowest BCUT2D eigenvalue weighted by atomic mass is 9.90. The van der Waals surface area contributed by atoms with Crippen molar-refractivity contribution < 1.29 is 14.3 Å². The first-order valence-corrected chi connectivity index (χ1v) is 8.97. The minimum absolute atomic E-state index is 0.132. The number of carbonyl (C=O) groups excluding carboxylic acids is 2. The van der Waals surface area contributed by atoms with E-state index in [0.29, 0.717) is 0 Å². The topological polar surface area (TPSA) is 49.9 Å². The van der Waals surface area contributed by atoms with Crippen LogP contribution in [0.5, 0.6) is 0 Å². The lowest BCUT2D eigenvalue weighted by molar-refractivity contribution is -0.114. The number of hydrogen-bond donors (Lipinski definition) is 0. The standard InChI is InChI=1S/C20H30N2O3/c1-20(2,3)25-19(24)21(4)18(15-23)17-11-8-12-22(14-17)13-16-9-6-5-7-10-16/h5-7,9-10,15,17-18H,8,11-14H2,1-4H3. The molecule has 0 spiro atoms. The van der Waals surface area contributed by atoms with Gasteiger partial charge < -0.3 is 14.4 Å². The van der Waals surface area contributed by atoms with Crippen LogP contribution < -0.4 is 0 Å². The minimum atomic E-state index is -0.565. The Balaban J connectivity index is 1.99. The van der Waals surface area contributed by atoms with Gasteiger partial charge in [-0.05, 0) is 51.6 Å². The molecule has 0 saturated carbocycles. The molecule has 1 amide bonds. The number of carbonyl (C=O) groups is 2. The van der Waals surface area contributed by atoms with Crippen molar-refractivity contribution in [1.29, 1.82) is 0 Å². The Morgan fingerprint density at radius 3 is 2.64 bits per heavy atom. The third-order valence-electron chi connectivity index (χ3n) is 4.54. The maximum absolute atomic E-state index is 12.3. The number of hydrogen-bond acceptors (Lipinski definition) is 4. The lowest BCUT2D eigenvalue weighted by Gasteiger charge is -2.38. The number of benzene rings is 1. The van der Waals surface area contributed by atoms with E-state index < -0.39 is 17.7 Å². The number of rotatable bonds is 5. The maximum Gasteiger partial charge on any atom is 0.410 e. The number of likely N-dealkylation sites (tertiary alicyclic amines) is 1. The highest BCUT2D eigenvalue weighted by atomic mass is 16.6. The number of ether oxygens (including phenoxy) is 1. The van der Waals surface area contributed by atoms with E-state index in [-0.39, 0.29) is 5.92 Å². The number of aldehydes is 1. The summed E-state index contributed by atoms with van der Waals surface area (Å²) in [6.07, 6.45) is 2.43. The van der Waals surface area contributed by atoms with Gasteiger partial charge in [0, 0.05) is 20.1 Å². The van der Waals surface area contributed by atoms with Crippen LogP contribution in [-0.2, 0) is 16.1 Å². The van der Waals surface area contributed by atoms with Crippen LogP contribution >= 0.6 is 0 Å². The molecule has 5 nitrogen and oxygen atoms in total. The maximum atomic E-state index is 12.3. The molecule has 0 radical (unpaired) electrons. The highest BCUT2D eigenvalue weighted by Crippen LogP contribution is 2.24. The summed E-state index contributed by atoms with van der Waals surface area (Å²) in [5.41, 5.74) is 0.705. The van der Waals surface area contributed by atoms with Crippen molar-refractivity contribution in [2.45, 2.75) is 51.8 Å². The van der Waals surface area contributed by atoms with Gasteiger partial charge in [0.1, 0.15) is 11.9 Å². The number of piperidine rings is 1. The van der Waals surface area contributed by atoms with Crippen LogP contribution in [0.25, 0.3) is 0 Å². The molecule has 0 aromatic heterocycles. The van der Waals surface area contributed by atoms with Crippen molar-refractivity contribution in [3.8, 4) is 0 Å². The Morgan fingerprint density at radius 2 is 2.04 bits per heavy atom. The SMILES string of the molecule is CN(C(=O)OC(C)(C)C)C(C=O)C1CCCN(Cc2ccccc2)C1. The van der Waals surface area contributed by atoms with Gasteiger partial charge in [-0.25, -0.2) is 4.79 Å². The molecule has 1 aromatic rings. The van der Waals surface area contributed by atoms with Crippen LogP contribution in [0.4, 0.5) is 4.79 Å². The molecule has 0 N–H and O–H groups in total. The van der Waals surface area contributed by atoms with E-state index in [1.165, 1.54) is 10.5 Å². The molecular weight excluding hydrogens is 316 g/mol. The van der Waals surface area contributed by atoms with E-state index in [0.717, 1.165) is 38.8 Å². The van der Waals surface area contributed by atoms with E-state index in [2.05, 4.69) is 17.0 Å². The third kappa shape index (κ3) is 5.85. The zero-order chi connectivity index (χ0) is 18.4. The van der Waals surface area contributed by atoms with Gasteiger partial charge in [-0.3, -0.25) is 4.90 Å². The molecule has 1 heterocycles. The molecule has 1 saturated heterocycles. The largest absolute Gasteiger partial charge is 0.444 e. The second-order valence-corrected chi connectivity index (χ2v) is 7.84. The Labute approximate surface area is 150 Å². The first-order chi connectivity index (χ1) is 11.8. The quantitative estimate of drug-likeness (QED) is 0.768. The molecule has 1 aliphatic heterocycles. The predicted molar refractivity (Wildman–Crippen MR) is 98.3 cm³/mol. The molecule has 2 atom stereocenters. The zero-order valence-electron chi connectivity index (χ0n) is 15.8. The Kier molecular flexibility index (Phi) is 6.59. The van der Waals surface area contributed by atoms with Crippen molar-refractivity contribution in [3.63, 3.8) is 0 Å². The van der Waals surface area contributed by atoms with E-state index >= 15 is 0 Å². The third-order valence-corrected chi connectivity index (χ3v) is 4.54. The lowest BCUT2D eigenvalue weighted by Crippen LogP contribution is -2.50. The molecular formula is C20H30N2O3. The van der Waals surface area contributed by atoms with Crippen LogP contribution in [0.2, 0.25) is 0 Å². The summed E-state index contributed by atoms with van der Waals surface area (Å²) in [6, 6.07) is 9.89. The van der Waals surface area contributed by atoms with Crippen molar-refractivity contribution in [1.82, 2.24) is 9.80 Å². The number of likely N-dealkylation sites (N-methyl/N-ethyl adjacent to an activating group) is 1. The Bertz CT molecular complexity index is 568. The molecule has 2 rings (SSSR count). The fourth-order valence-corrected chi connectivity index (χ4v) is 3.33. The molecule has 2 unspecified atom stereocenters. The van der Waals surface area contributed by atoms with E-state index in [1.807, 2.05) is 39.0 Å². The van der Waals surface area contributed by atoms with Crippen molar-refractivity contribution in [3.05, 3.63) is 35.9 Å². The molecule has 1 fully saturated rings. The first-order valence-electron chi connectivity index (χ1n) is 8.97. The molecule has 25 heavy (non-hydrogen) atoms. The number of amides is 1. The van der Waals surface area contributed by atoms with Crippen LogP contribution in [0.15, 0.2) is 30.3 Å². The first kappa shape index (κ1) is 19.4. The second-order valence-electron chi connectivity index (χ2n) is 7.84. The molecule has 1 aliphatic rings. The van der Waals surface area contributed by atoms with Gasteiger partial charge in [-0.15, -0.1) is 0 Å². The van der Waals surface area contributed by atoms with Crippen LogP contribution in [-0.4, -0.2) is 54.0 Å². The summed E-state index contributed by atoms with van der Waals surface area (Å²) in [7, 11) is 1.66. The van der Waals surface area contributed by atoms with Crippen LogP contribution in [0.3, 0.4) is 0 Å². The Morgan fingerprint density at radius 1 is 1.36 bits per heavy atom. The van der Waals surface area contributed by atoms with Crippen LogP contribution in [0, 0.1) is 5.92 Å². The van der Waals surface area contributed by atoms with Crippen molar-refractivity contribution in [2.24, 2.45) is 5.92 Å². The summed E-state index contributed by atoms with van der Waals surface area (Å²) < 4.78 is 5.41. The highest BCUT2D eigenvalue weighted by Gasteiger charge is 2.33. The van der Waals surface area contributed by atoms with Gasteiger partial charge in [-0.2, -0.15) is 0 Å². The molecule has 138 valence electrons. The van der Waals surface area contributed by atoms with E-state index in [9.17, 15) is 9.59 Å². The van der Waals surface area contributed by atoms with Gasteiger partial charge in [0.25, 0.3) is 0 Å². The second kappa shape index (κ2) is 8.48. The fourth-order valence-electron chi connectivity index (χ4n) is 3.33. The predicted octanol–water partition coefficient (Wildman–Crippen LogP) is 3.33. The van der Waals surface area contributed by atoms with Gasteiger partial charge in [0.2, 0.25) is 0 Å². The van der Waals surface area contributed by atoms with Crippen molar-refractivity contribution in [2.75, 3.05) is 20.1 Å². The van der Waals surface area contributed by atoms with Gasteiger partial charge >= 0.3 is 6.09 Å².